The second kappa shape index (κ2) is 3.64. The molecule has 1 aromatic rings. The van der Waals surface area contributed by atoms with E-state index in [1.165, 1.54) is 0 Å². The first-order valence-corrected chi connectivity index (χ1v) is 4.66. The van der Waals surface area contributed by atoms with E-state index < -0.39 is 0 Å². The lowest BCUT2D eigenvalue weighted by molar-refractivity contribution is 0.321. The molecule has 1 atom stereocenters. The fraction of sp³-hybridized carbons (Fsp3) is 0.500. The third-order valence-corrected chi connectivity index (χ3v) is 2.23. The smallest absolute Gasteiger partial charge is 0.0591 e. The van der Waals surface area contributed by atoms with Gasteiger partial charge in [0.1, 0.15) is 0 Å². The van der Waals surface area contributed by atoms with Crippen molar-refractivity contribution in [3.8, 4) is 0 Å². The molecule has 0 amide bonds. The van der Waals surface area contributed by atoms with Gasteiger partial charge in [0.25, 0.3) is 0 Å². The van der Waals surface area contributed by atoms with Gasteiger partial charge >= 0.3 is 0 Å². The molecule has 1 heterocycles. The third-order valence-electron chi connectivity index (χ3n) is 1.99. The van der Waals surface area contributed by atoms with E-state index in [0.717, 1.165) is 5.69 Å². The van der Waals surface area contributed by atoms with Gasteiger partial charge in [-0.2, -0.15) is 0 Å². The summed E-state index contributed by atoms with van der Waals surface area (Å²) >= 11 is 5.84. The number of nitrogens with two attached hydrogens (primary N) is 1. The SMILES string of the molecule is CC(C)(C)[C@H](N)c1cc(Cl)ccn1. The van der Waals surface area contributed by atoms with Crippen molar-refractivity contribution in [1.29, 1.82) is 0 Å². The maximum absolute atomic E-state index is 6.02. The van der Waals surface area contributed by atoms with Crippen LogP contribution in [0.25, 0.3) is 0 Å². The van der Waals surface area contributed by atoms with E-state index in [-0.39, 0.29) is 11.5 Å². The molecule has 1 rings (SSSR count). The van der Waals surface area contributed by atoms with Gasteiger partial charge in [0.15, 0.2) is 0 Å². The van der Waals surface area contributed by atoms with Gasteiger partial charge in [-0.05, 0) is 17.5 Å². The van der Waals surface area contributed by atoms with Crippen LogP contribution in [0, 0.1) is 5.41 Å². The van der Waals surface area contributed by atoms with Crippen molar-refractivity contribution >= 4 is 11.6 Å². The summed E-state index contributed by atoms with van der Waals surface area (Å²) in [4.78, 5) is 4.20. The molecule has 0 aliphatic heterocycles. The summed E-state index contributed by atoms with van der Waals surface area (Å²) in [6, 6.07) is 3.49. The van der Waals surface area contributed by atoms with Crippen LogP contribution in [0.15, 0.2) is 18.3 Å². The van der Waals surface area contributed by atoms with Crippen LogP contribution >= 0.6 is 11.6 Å². The first kappa shape index (κ1) is 10.5. The second-order valence-electron chi connectivity index (χ2n) is 4.24. The van der Waals surface area contributed by atoms with Gasteiger partial charge in [0.05, 0.1) is 11.7 Å². The fourth-order valence-corrected chi connectivity index (χ4v) is 1.20. The Morgan fingerprint density at radius 3 is 2.54 bits per heavy atom. The largest absolute Gasteiger partial charge is 0.322 e. The highest BCUT2D eigenvalue weighted by molar-refractivity contribution is 6.30. The second-order valence-corrected chi connectivity index (χ2v) is 4.68. The molecule has 0 saturated heterocycles. The van der Waals surface area contributed by atoms with Gasteiger partial charge in [-0.15, -0.1) is 0 Å². The number of pyridine rings is 1. The van der Waals surface area contributed by atoms with Crippen LogP contribution < -0.4 is 5.73 Å². The molecule has 0 saturated carbocycles. The Hall–Kier alpha value is -0.600. The molecule has 0 spiro atoms. The highest BCUT2D eigenvalue weighted by Crippen LogP contribution is 2.29. The Morgan fingerprint density at radius 2 is 2.08 bits per heavy atom. The average molecular weight is 199 g/mol. The quantitative estimate of drug-likeness (QED) is 0.754. The van der Waals surface area contributed by atoms with Crippen molar-refractivity contribution in [2.45, 2.75) is 26.8 Å². The maximum Gasteiger partial charge on any atom is 0.0591 e. The zero-order valence-electron chi connectivity index (χ0n) is 8.21. The Balaban J connectivity index is 2.96. The molecule has 13 heavy (non-hydrogen) atoms. The zero-order valence-corrected chi connectivity index (χ0v) is 8.97. The van der Waals surface area contributed by atoms with Gasteiger partial charge in [0.2, 0.25) is 0 Å². The molecule has 0 unspecified atom stereocenters. The molecule has 72 valence electrons. The summed E-state index contributed by atoms with van der Waals surface area (Å²) in [7, 11) is 0. The molecule has 2 nitrogen and oxygen atoms in total. The van der Waals surface area contributed by atoms with Crippen LogP contribution in [0.2, 0.25) is 5.02 Å². The lowest BCUT2D eigenvalue weighted by atomic mass is 9.85. The van der Waals surface area contributed by atoms with Gasteiger partial charge in [-0.3, -0.25) is 4.98 Å². The standard InChI is InChI=1S/C10H15ClN2/c1-10(2,3)9(12)8-6-7(11)4-5-13-8/h4-6,9H,12H2,1-3H3/t9-/m1/s1. The summed E-state index contributed by atoms with van der Waals surface area (Å²) in [5, 5.41) is 0.685. The first-order valence-electron chi connectivity index (χ1n) is 4.28. The van der Waals surface area contributed by atoms with Crippen molar-refractivity contribution in [2.24, 2.45) is 11.1 Å². The summed E-state index contributed by atoms with van der Waals surface area (Å²) < 4.78 is 0. The number of hydrogen-bond acceptors (Lipinski definition) is 2. The van der Waals surface area contributed by atoms with Gasteiger partial charge in [-0.25, -0.2) is 0 Å². The van der Waals surface area contributed by atoms with Crippen molar-refractivity contribution in [3.05, 3.63) is 29.0 Å². The Morgan fingerprint density at radius 1 is 1.46 bits per heavy atom. The summed E-state index contributed by atoms with van der Waals surface area (Å²) in [6.45, 7) is 6.25. The first-order chi connectivity index (χ1) is 5.91. The fourth-order valence-electron chi connectivity index (χ4n) is 1.03. The van der Waals surface area contributed by atoms with E-state index in [1.807, 2.05) is 6.07 Å². The molecule has 1 aromatic heterocycles. The molecule has 0 radical (unpaired) electrons. The topological polar surface area (TPSA) is 38.9 Å². The number of rotatable bonds is 1. The molecule has 3 heteroatoms. The number of hydrogen-bond donors (Lipinski definition) is 1. The molecule has 0 fully saturated rings. The highest BCUT2D eigenvalue weighted by Gasteiger charge is 2.23. The average Bonchev–Trinajstić information content (AvgIpc) is 2.01. The van der Waals surface area contributed by atoms with E-state index in [4.69, 9.17) is 17.3 Å². The van der Waals surface area contributed by atoms with Crippen molar-refractivity contribution < 1.29 is 0 Å². The van der Waals surface area contributed by atoms with Crippen LogP contribution in [0.4, 0.5) is 0 Å². The summed E-state index contributed by atoms with van der Waals surface area (Å²) in [5.41, 5.74) is 6.88. The van der Waals surface area contributed by atoms with Crippen molar-refractivity contribution in [2.75, 3.05) is 0 Å². The normalized spacial score (nSPS) is 14.2. The number of nitrogens with zero attached hydrogens (tertiary/aromatic N) is 1. The van der Waals surface area contributed by atoms with Gasteiger partial charge < -0.3 is 5.73 Å². The van der Waals surface area contributed by atoms with E-state index in [2.05, 4.69) is 25.8 Å². The van der Waals surface area contributed by atoms with Crippen LogP contribution in [0.1, 0.15) is 32.5 Å². The van der Waals surface area contributed by atoms with E-state index >= 15 is 0 Å². The monoisotopic (exact) mass is 198 g/mol. The highest BCUT2D eigenvalue weighted by atomic mass is 35.5. The molecule has 0 bridgehead atoms. The minimum atomic E-state index is -0.0776. The van der Waals surface area contributed by atoms with Crippen LogP contribution in [-0.2, 0) is 0 Å². The van der Waals surface area contributed by atoms with E-state index in [0.29, 0.717) is 5.02 Å². The lowest BCUT2D eigenvalue weighted by Crippen LogP contribution is -2.27. The summed E-state index contributed by atoms with van der Waals surface area (Å²) in [5.74, 6) is 0. The van der Waals surface area contributed by atoms with Crippen molar-refractivity contribution in [1.82, 2.24) is 4.98 Å². The minimum Gasteiger partial charge on any atom is -0.322 e. The summed E-state index contributed by atoms with van der Waals surface area (Å²) in [6.07, 6.45) is 1.68. The molecular formula is C10H15ClN2. The van der Waals surface area contributed by atoms with Gasteiger partial charge in [0, 0.05) is 11.2 Å². The number of aromatic nitrogens is 1. The van der Waals surface area contributed by atoms with Crippen LogP contribution in [-0.4, -0.2) is 4.98 Å². The molecule has 0 aliphatic carbocycles. The van der Waals surface area contributed by atoms with Crippen molar-refractivity contribution in [3.63, 3.8) is 0 Å². The molecule has 2 N–H and O–H groups in total. The predicted octanol–water partition coefficient (Wildman–Crippen LogP) is 2.78. The Kier molecular flexibility index (Phi) is 2.94. The van der Waals surface area contributed by atoms with Gasteiger partial charge in [-0.1, -0.05) is 32.4 Å². The molecule has 0 aromatic carbocycles. The van der Waals surface area contributed by atoms with Crippen LogP contribution in [0.5, 0.6) is 0 Å². The van der Waals surface area contributed by atoms with Crippen LogP contribution in [0.3, 0.4) is 0 Å². The Labute approximate surface area is 84.1 Å². The minimum absolute atomic E-state index is 0.0116. The zero-order chi connectivity index (χ0) is 10.1. The third kappa shape index (κ3) is 2.68. The predicted molar refractivity (Wildman–Crippen MR) is 55.6 cm³/mol. The number of halogens is 1. The molecular weight excluding hydrogens is 184 g/mol. The Bertz CT molecular complexity index is 291. The lowest BCUT2D eigenvalue weighted by Gasteiger charge is -2.26. The maximum atomic E-state index is 6.02. The molecule has 0 aliphatic rings. The van der Waals surface area contributed by atoms with E-state index in [1.54, 1.807) is 12.3 Å². The van der Waals surface area contributed by atoms with E-state index in [9.17, 15) is 0 Å².